The van der Waals surface area contributed by atoms with Crippen LogP contribution in [0.25, 0.3) is 0 Å². The monoisotopic (exact) mass is 434 g/mol. The number of hydrogen-bond donors (Lipinski definition) is 3. The van der Waals surface area contributed by atoms with Gasteiger partial charge in [-0.2, -0.15) is 0 Å². The van der Waals surface area contributed by atoms with Gasteiger partial charge in [0.1, 0.15) is 23.2 Å². The third kappa shape index (κ3) is 3.71. The highest BCUT2D eigenvalue weighted by Crippen LogP contribution is 2.46. The zero-order valence-corrected chi connectivity index (χ0v) is 17.6. The van der Waals surface area contributed by atoms with Crippen LogP contribution in [-0.4, -0.2) is 71.0 Å². The fourth-order valence-corrected chi connectivity index (χ4v) is 4.60. The standard InChI is InChI=1S/C22H26O9/c1-11-4-13(23)6-16(24)18(11)20(26)31-19-15-10-30-22(8-14(28-3)9-29-22)7-12(15)5-17(25)21(19,2)27/h4-6,14-15,19,23-24,27H,7-10H2,1-3H3/t14-,15+,19-,21+,22+/m0/s1. The number of methoxy groups -OCH3 is 1. The molecule has 9 nitrogen and oxygen atoms in total. The number of carbonyl (C=O) groups is 2. The van der Waals surface area contributed by atoms with E-state index in [1.807, 2.05) is 0 Å². The summed E-state index contributed by atoms with van der Waals surface area (Å²) in [5.41, 5.74) is -1.15. The first kappa shape index (κ1) is 21.8. The third-order valence-corrected chi connectivity index (χ3v) is 6.35. The second-order valence-corrected chi connectivity index (χ2v) is 8.59. The fraction of sp³-hybridized carbons (Fsp3) is 0.545. The summed E-state index contributed by atoms with van der Waals surface area (Å²) in [5.74, 6) is -3.62. The summed E-state index contributed by atoms with van der Waals surface area (Å²) in [6.45, 7) is 3.27. The van der Waals surface area contributed by atoms with Crippen LogP contribution in [0, 0.1) is 12.8 Å². The first-order valence-electron chi connectivity index (χ1n) is 10.1. The predicted octanol–water partition coefficient (Wildman–Crippen LogP) is 1.36. The van der Waals surface area contributed by atoms with E-state index in [-0.39, 0.29) is 30.4 Å². The van der Waals surface area contributed by atoms with Crippen molar-refractivity contribution in [2.75, 3.05) is 20.3 Å². The molecule has 0 aromatic heterocycles. The van der Waals surface area contributed by atoms with E-state index in [2.05, 4.69) is 0 Å². The molecule has 3 N–H and O–H groups in total. The van der Waals surface area contributed by atoms with Gasteiger partial charge in [-0.05, 0) is 31.6 Å². The van der Waals surface area contributed by atoms with E-state index in [1.165, 1.54) is 26.0 Å². The van der Waals surface area contributed by atoms with Crippen LogP contribution in [-0.2, 0) is 23.7 Å². The molecule has 168 valence electrons. The summed E-state index contributed by atoms with van der Waals surface area (Å²) in [6, 6.07) is 2.33. The van der Waals surface area contributed by atoms with Crippen LogP contribution in [0.4, 0.5) is 0 Å². The van der Waals surface area contributed by atoms with Gasteiger partial charge in [0.05, 0.1) is 19.3 Å². The minimum absolute atomic E-state index is 0.0736. The fourth-order valence-electron chi connectivity index (χ4n) is 4.60. The number of rotatable bonds is 3. The van der Waals surface area contributed by atoms with Crippen LogP contribution in [0.5, 0.6) is 11.5 Å². The van der Waals surface area contributed by atoms with Crippen molar-refractivity contribution in [2.24, 2.45) is 5.92 Å². The number of aromatic hydroxyl groups is 2. The van der Waals surface area contributed by atoms with Gasteiger partial charge in [-0.15, -0.1) is 0 Å². The van der Waals surface area contributed by atoms with E-state index in [4.69, 9.17) is 18.9 Å². The van der Waals surface area contributed by atoms with Gasteiger partial charge in [-0.1, -0.05) is 5.57 Å². The van der Waals surface area contributed by atoms with Crippen molar-refractivity contribution in [3.63, 3.8) is 0 Å². The Morgan fingerprint density at radius 1 is 1.23 bits per heavy atom. The van der Waals surface area contributed by atoms with Crippen molar-refractivity contribution < 1.29 is 43.9 Å². The van der Waals surface area contributed by atoms with Crippen LogP contribution in [0.3, 0.4) is 0 Å². The van der Waals surface area contributed by atoms with E-state index >= 15 is 0 Å². The van der Waals surface area contributed by atoms with Crippen LogP contribution in [0.1, 0.15) is 35.7 Å². The smallest absolute Gasteiger partial charge is 0.342 e. The Labute approximate surface area is 179 Å². The highest BCUT2D eigenvalue weighted by molar-refractivity contribution is 6.00. The van der Waals surface area contributed by atoms with Crippen LogP contribution >= 0.6 is 0 Å². The average molecular weight is 434 g/mol. The van der Waals surface area contributed by atoms with Gasteiger partial charge in [-0.3, -0.25) is 4.79 Å². The van der Waals surface area contributed by atoms with E-state index in [1.54, 1.807) is 7.11 Å². The molecule has 31 heavy (non-hydrogen) atoms. The third-order valence-electron chi connectivity index (χ3n) is 6.35. The van der Waals surface area contributed by atoms with Gasteiger partial charge in [-0.25, -0.2) is 4.79 Å². The summed E-state index contributed by atoms with van der Waals surface area (Å²) in [6.07, 6.45) is 0.831. The lowest BCUT2D eigenvalue weighted by molar-refractivity contribution is -0.239. The van der Waals surface area contributed by atoms with E-state index in [0.29, 0.717) is 24.2 Å². The molecule has 0 radical (unpaired) electrons. The summed E-state index contributed by atoms with van der Waals surface area (Å²) >= 11 is 0. The predicted molar refractivity (Wildman–Crippen MR) is 106 cm³/mol. The quantitative estimate of drug-likeness (QED) is 0.603. The number of phenols is 2. The Morgan fingerprint density at radius 3 is 2.58 bits per heavy atom. The van der Waals surface area contributed by atoms with Crippen molar-refractivity contribution in [1.29, 1.82) is 0 Å². The number of benzene rings is 1. The van der Waals surface area contributed by atoms with Crippen LogP contribution < -0.4 is 0 Å². The van der Waals surface area contributed by atoms with Gasteiger partial charge >= 0.3 is 5.97 Å². The van der Waals surface area contributed by atoms with E-state index in [0.717, 1.165) is 6.07 Å². The lowest BCUT2D eigenvalue weighted by Gasteiger charge is -2.46. The number of carbonyl (C=O) groups excluding carboxylic acids is 2. The number of aliphatic hydroxyl groups is 1. The van der Waals surface area contributed by atoms with Gasteiger partial charge < -0.3 is 34.3 Å². The van der Waals surface area contributed by atoms with Crippen LogP contribution in [0.15, 0.2) is 23.8 Å². The van der Waals surface area contributed by atoms with Gasteiger partial charge in [0, 0.05) is 31.9 Å². The zero-order chi connectivity index (χ0) is 22.6. The molecule has 2 saturated heterocycles. The van der Waals surface area contributed by atoms with Gasteiger partial charge in [0.2, 0.25) is 0 Å². The molecule has 5 atom stereocenters. The molecule has 2 heterocycles. The van der Waals surface area contributed by atoms with E-state index in [9.17, 15) is 24.9 Å². The second-order valence-electron chi connectivity index (χ2n) is 8.59. The molecular formula is C22H26O9. The minimum atomic E-state index is -1.97. The molecule has 0 amide bonds. The normalized spacial score (nSPS) is 35.0. The number of esters is 1. The Morgan fingerprint density at radius 2 is 1.94 bits per heavy atom. The molecule has 1 aromatic rings. The second kappa shape index (κ2) is 7.59. The first-order valence-corrected chi connectivity index (χ1v) is 10.1. The van der Waals surface area contributed by atoms with Crippen molar-refractivity contribution in [1.82, 2.24) is 0 Å². The SMILES string of the molecule is CO[C@@H]1CO[C@@]2(CC3=CC(=O)[C@@](C)(O)[C@@H](OC(=O)c4c(C)cc(O)cc4O)[C@@H]3CO2)C1. The Balaban J connectivity index is 1.61. The lowest BCUT2D eigenvalue weighted by atomic mass is 9.72. The van der Waals surface area contributed by atoms with Crippen LogP contribution in [0.2, 0.25) is 0 Å². The maximum atomic E-state index is 12.9. The summed E-state index contributed by atoms with van der Waals surface area (Å²) in [4.78, 5) is 25.6. The maximum absolute atomic E-state index is 12.9. The number of fused-ring (bicyclic) bond motifs is 1. The molecule has 1 spiro atoms. The molecule has 3 aliphatic rings. The number of hydrogen-bond acceptors (Lipinski definition) is 9. The lowest BCUT2D eigenvalue weighted by Crippen LogP contribution is -2.58. The summed E-state index contributed by atoms with van der Waals surface area (Å²) in [7, 11) is 1.59. The molecule has 1 aromatic carbocycles. The van der Waals surface area contributed by atoms with Gasteiger partial charge in [0.15, 0.2) is 17.2 Å². The topological polar surface area (TPSA) is 132 Å². The molecule has 0 unspecified atom stereocenters. The average Bonchev–Trinajstić information content (AvgIpc) is 3.07. The number of ketones is 1. The summed E-state index contributed by atoms with van der Waals surface area (Å²) in [5, 5.41) is 30.6. The number of phenolic OH excluding ortho intramolecular Hbond substituents is 2. The zero-order valence-electron chi connectivity index (χ0n) is 17.6. The van der Waals surface area contributed by atoms with Crippen molar-refractivity contribution >= 4 is 11.8 Å². The molecule has 9 heteroatoms. The molecule has 0 bridgehead atoms. The molecule has 2 fully saturated rings. The highest BCUT2D eigenvalue weighted by atomic mass is 16.7. The molecule has 2 aliphatic heterocycles. The molecule has 4 rings (SSSR count). The number of aryl methyl sites for hydroxylation is 1. The Kier molecular flexibility index (Phi) is 5.33. The minimum Gasteiger partial charge on any atom is -0.508 e. The molecular weight excluding hydrogens is 408 g/mol. The molecule has 1 aliphatic carbocycles. The van der Waals surface area contributed by atoms with E-state index < -0.39 is 40.9 Å². The molecule has 0 saturated carbocycles. The van der Waals surface area contributed by atoms with Crippen molar-refractivity contribution in [2.45, 2.75) is 50.3 Å². The van der Waals surface area contributed by atoms with Crippen molar-refractivity contribution in [3.05, 3.63) is 34.9 Å². The first-order chi connectivity index (χ1) is 14.6. The Bertz CT molecular complexity index is 927. The summed E-state index contributed by atoms with van der Waals surface area (Å²) < 4.78 is 22.8. The maximum Gasteiger partial charge on any atom is 0.342 e. The largest absolute Gasteiger partial charge is 0.508 e. The van der Waals surface area contributed by atoms with Crippen molar-refractivity contribution in [3.8, 4) is 11.5 Å². The Hall–Kier alpha value is -2.46. The van der Waals surface area contributed by atoms with Gasteiger partial charge in [0.25, 0.3) is 0 Å². The highest BCUT2D eigenvalue weighted by Gasteiger charge is 2.56. The number of ether oxygens (including phenoxy) is 4.